The SMILES string of the molecule is CNCCN(C)NC1CCCCC1. The Kier molecular flexibility index (Phi) is 5.35. The second-order valence-electron chi connectivity index (χ2n) is 3.99. The van der Waals surface area contributed by atoms with E-state index in [1.807, 2.05) is 7.05 Å². The Morgan fingerprint density at radius 2 is 1.92 bits per heavy atom. The van der Waals surface area contributed by atoms with Crippen LogP contribution in [-0.2, 0) is 0 Å². The largest absolute Gasteiger partial charge is 0.318 e. The monoisotopic (exact) mass is 185 g/mol. The number of nitrogens with one attached hydrogen (secondary N) is 2. The van der Waals surface area contributed by atoms with Crippen molar-refractivity contribution in [3.05, 3.63) is 0 Å². The van der Waals surface area contributed by atoms with Crippen LogP contribution >= 0.6 is 0 Å². The van der Waals surface area contributed by atoms with Crippen LogP contribution in [0.15, 0.2) is 0 Å². The van der Waals surface area contributed by atoms with E-state index in [2.05, 4.69) is 22.8 Å². The highest BCUT2D eigenvalue weighted by Gasteiger charge is 2.13. The summed E-state index contributed by atoms with van der Waals surface area (Å²) in [5.74, 6) is 0. The molecule has 0 unspecified atom stereocenters. The molecule has 1 rings (SSSR count). The van der Waals surface area contributed by atoms with Crippen molar-refractivity contribution in [2.45, 2.75) is 38.1 Å². The van der Waals surface area contributed by atoms with Gasteiger partial charge in [-0.1, -0.05) is 19.3 Å². The molecule has 0 spiro atoms. The summed E-state index contributed by atoms with van der Waals surface area (Å²) in [6.45, 7) is 2.13. The van der Waals surface area contributed by atoms with E-state index in [1.165, 1.54) is 32.1 Å². The average Bonchev–Trinajstić information content (AvgIpc) is 2.16. The normalized spacial score (nSPS) is 19.6. The first-order valence-corrected chi connectivity index (χ1v) is 5.45. The highest BCUT2D eigenvalue weighted by atomic mass is 15.5. The van der Waals surface area contributed by atoms with Gasteiger partial charge in [-0.3, -0.25) is 5.43 Å². The molecule has 0 aromatic carbocycles. The fourth-order valence-corrected chi connectivity index (χ4v) is 1.89. The van der Waals surface area contributed by atoms with Crippen molar-refractivity contribution in [3.63, 3.8) is 0 Å². The molecule has 1 fully saturated rings. The molecule has 0 radical (unpaired) electrons. The van der Waals surface area contributed by atoms with Crippen molar-refractivity contribution < 1.29 is 0 Å². The zero-order chi connectivity index (χ0) is 9.52. The van der Waals surface area contributed by atoms with Crippen LogP contribution in [0.25, 0.3) is 0 Å². The zero-order valence-electron chi connectivity index (χ0n) is 8.97. The number of hydrogen-bond acceptors (Lipinski definition) is 3. The lowest BCUT2D eigenvalue weighted by molar-refractivity contribution is 0.174. The van der Waals surface area contributed by atoms with E-state index in [-0.39, 0.29) is 0 Å². The molecule has 13 heavy (non-hydrogen) atoms. The number of hydrogen-bond donors (Lipinski definition) is 2. The van der Waals surface area contributed by atoms with Gasteiger partial charge in [-0.2, -0.15) is 0 Å². The number of hydrazine groups is 1. The van der Waals surface area contributed by atoms with E-state index in [9.17, 15) is 0 Å². The first-order chi connectivity index (χ1) is 6.33. The topological polar surface area (TPSA) is 27.3 Å². The lowest BCUT2D eigenvalue weighted by Gasteiger charge is -2.28. The van der Waals surface area contributed by atoms with Crippen LogP contribution in [-0.4, -0.2) is 38.2 Å². The molecule has 1 saturated carbocycles. The predicted octanol–water partition coefficient (Wildman–Crippen LogP) is 0.975. The molecule has 0 aliphatic heterocycles. The summed E-state index contributed by atoms with van der Waals surface area (Å²) in [6.07, 6.45) is 6.93. The molecular weight excluding hydrogens is 162 g/mol. The molecule has 0 aromatic heterocycles. The van der Waals surface area contributed by atoms with Gasteiger partial charge in [0.2, 0.25) is 0 Å². The molecule has 0 aromatic rings. The molecule has 3 heteroatoms. The first-order valence-electron chi connectivity index (χ1n) is 5.45. The second kappa shape index (κ2) is 6.35. The number of nitrogens with zero attached hydrogens (tertiary/aromatic N) is 1. The maximum Gasteiger partial charge on any atom is 0.0253 e. The minimum atomic E-state index is 0.732. The van der Waals surface area contributed by atoms with E-state index in [0.29, 0.717) is 0 Å². The maximum absolute atomic E-state index is 3.55. The Bertz CT molecular complexity index is 121. The third kappa shape index (κ3) is 4.60. The Morgan fingerprint density at radius 1 is 1.23 bits per heavy atom. The van der Waals surface area contributed by atoms with Crippen molar-refractivity contribution in [2.75, 3.05) is 27.2 Å². The van der Waals surface area contributed by atoms with Crippen molar-refractivity contribution in [1.82, 2.24) is 15.8 Å². The van der Waals surface area contributed by atoms with Gasteiger partial charge in [0.25, 0.3) is 0 Å². The van der Waals surface area contributed by atoms with E-state index in [0.717, 1.165) is 19.1 Å². The highest BCUT2D eigenvalue weighted by Crippen LogP contribution is 2.17. The smallest absolute Gasteiger partial charge is 0.0253 e. The molecule has 0 amide bonds. The fourth-order valence-electron chi connectivity index (χ4n) is 1.89. The summed E-state index contributed by atoms with van der Waals surface area (Å²) in [5.41, 5.74) is 3.55. The fraction of sp³-hybridized carbons (Fsp3) is 1.00. The molecule has 78 valence electrons. The van der Waals surface area contributed by atoms with Crippen molar-refractivity contribution in [2.24, 2.45) is 0 Å². The van der Waals surface area contributed by atoms with Gasteiger partial charge in [0.05, 0.1) is 0 Å². The van der Waals surface area contributed by atoms with Crippen LogP contribution < -0.4 is 10.7 Å². The minimum absolute atomic E-state index is 0.732. The summed E-state index contributed by atoms with van der Waals surface area (Å²) >= 11 is 0. The second-order valence-corrected chi connectivity index (χ2v) is 3.99. The van der Waals surface area contributed by atoms with Crippen molar-refractivity contribution in [1.29, 1.82) is 0 Å². The van der Waals surface area contributed by atoms with Gasteiger partial charge in [0, 0.05) is 26.2 Å². The van der Waals surface area contributed by atoms with Gasteiger partial charge in [0.1, 0.15) is 0 Å². The summed E-state index contributed by atoms with van der Waals surface area (Å²) in [6, 6.07) is 0.732. The van der Waals surface area contributed by atoms with Gasteiger partial charge >= 0.3 is 0 Å². The summed E-state index contributed by atoms with van der Waals surface area (Å²) < 4.78 is 0. The molecule has 0 saturated heterocycles. The molecule has 1 aliphatic carbocycles. The van der Waals surface area contributed by atoms with E-state index >= 15 is 0 Å². The first kappa shape index (κ1) is 11.0. The lowest BCUT2D eigenvalue weighted by Crippen LogP contribution is -2.45. The van der Waals surface area contributed by atoms with Crippen LogP contribution in [0.2, 0.25) is 0 Å². The Hall–Kier alpha value is -0.120. The van der Waals surface area contributed by atoms with Crippen LogP contribution in [0.1, 0.15) is 32.1 Å². The zero-order valence-corrected chi connectivity index (χ0v) is 8.97. The van der Waals surface area contributed by atoms with Crippen LogP contribution in [0.4, 0.5) is 0 Å². The van der Waals surface area contributed by atoms with Crippen LogP contribution in [0.3, 0.4) is 0 Å². The minimum Gasteiger partial charge on any atom is -0.318 e. The molecular formula is C10H23N3. The highest BCUT2D eigenvalue weighted by molar-refractivity contribution is 4.70. The molecule has 3 nitrogen and oxygen atoms in total. The third-order valence-corrected chi connectivity index (χ3v) is 2.71. The molecule has 1 aliphatic rings. The van der Waals surface area contributed by atoms with Gasteiger partial charge in [-0.15, -0.1) is 0 Å². The lowest BCUT2D eigenvalue weighted by atomic mass is 9.96. The number of rotatable bonds is 5. The van der Waals surface area contributed by atoms with Crippen LogP contribution in [0, 0.1) is 0 Å². The average molecular weight is 185 g/mol. The predicted molar refractivity (Wildman–Crippen MR) is 56.6 cm³/mol. The Labute approximate surface area is 81.8 Å². The van der Waals surface area contributed by atoms with Gasteiger partial charge in [-0.25, -0.2) is 5.01 Å². The third-order valence-electron chi connectivity index (χ3n) is 2.71. The molecule has 2 N–H and O–H groups in total. The molecule has 0 atom stereocenters. The Balaban J connectivity index is 2.07. The van der Waals surface area contributed by atoms with Crippen molar-refractivity contribution in [3.8, 4) is 0 Å². The summed E-state index contributed by atoms with van der Waals surface area (Å²) in [5, 5.41) is 5.37. The quantitative estimate of drug-likeness (QED) is 0.625. The molecule has 0 bridgehead atoms. The van der Waals surface area contributed by atoms with Gasteiger partial charge < -0.3 is 5.32 Å². The van der Waals surface area contributed by atoms with Crippen molar-refractivity contribution >= 4 is 0 Å². The van der Waals surface area contributed by atoms with Gasteiger partial charge in [-0.05, 0) is 19.9 Å². The van der Waals surface area contributed by atoms with Crippen LogP contribution in [0.5, 0.6) is 0 Å². The Morgan fingerprint density at radius 3 is 2.54 bits per heavy atom. The summed E-state index contributed by atoms with van der Waals surface area (Å²) in [7, 11) is 4.13. The number of likely N-dealkylation sites (N-methyl/N-ethyl adjacent to an activating group) is 2. The van der Waals surface area contributed by atoms with E-state index < -0.39 is 0 Å². The van der Waals surface area contributed by atoms with Gasteiger partial charge in [0.15, 0.2) is 0 Å². The van der Waals surface area contributed by atoms with E-state index in [1.54, 1.807) is 0 Å². The summed E-state index contributed by atoms with van der Waals surface area (Å²) in [4.78, 5) is 0. The van der Waals surface area contributed by atoms with E-state index in [4.69, 9.17) is 0 Å². The maximum atomic E-state index is 3.55. The standard InChI is InChI=1S/C10H23N3/c1-11-8-9-13(2)12-10-6-4-3-5-7-10/h10-12H,3-9H2,1-2H3. The molecule has 0 heterocycles.